The zero-order valence-electron chi connectivity index (χ0n) is 8.84. The molecule has 0 atom stereocenters. The molecule has 0 aromatic heterocycles. The summed E-state index contributed by atoms with van der Waals surface area (Å²) < 4.78 is 0. The van der Waals surface area contributed by atoms with E-state index in [0.29, 0.717) is 0 Å². The van der Waals surface area contributed by atoms with Gasteiger partial charge < -0.3 is 4.90 Å². The Balaban J connectivity index is 2.05. The molecule has 2 fully saturated rings. The highest BCUT2D eigenvalue weighted by Gasteiger charge is 2.53. The van der Waals surface area contributed by atoms with Crippen molar-refractivity contribution in [3.63, 3.8) is 0 Å². The highest BCUT2D eigenvalue weighted by Crippen LogP contribution is 2.47. The van der Waals surface area contributed by atoms with E-state index < -0.39 is 5.41 Å². The number of carbonyl (C=O) groups excluding carboxylic acids is 1. The number of hydrogen-bond acceptors (Lipinski definition) is 2. The molecular formula is C11H16N2O. The monoisotopic (exact) mass is 192 g/mol. The first-order valence-corrected chi connectivity index (χ1v) is 5.20. The summed E-state index contributed by atoms with van der Waals surface area (Å²) >= 11 is 0. The van der Waals surface area contributed by atoms with Crippen molar-refractivity contribution in [3.05, 3.63) is 0 Å². The Morgan fingerprint density at radius 2 is 2.00 bits per heavy atom. The molecule has 1 saturated carbocycles. The van der Waals surface area contributed by atoms with Gasteiger partial charge in [0.2, 0.25) is 5.91 Å². The zero-order valence-corrected chi connectivity index (χ0v) is 8.84. The van der Waals surface area contributed by atoms with Gasteiger partial charge in [0.15, 0.2) is 0 Å². The summed E-state index contributed by atoms with van der Waals surface area (Å²) in [5, 5.41) is 8.92. The molecular weight excluding hydrogens is 176 g/mol. The van der Waals surface area contributed by atoms with Gasteiger partial charge in [0.1, 0.15) is 5.41 Å². The fourth-order valence-corrected chi connectivity index (χ4v) is 2.09. The van der Waals surface area contributed by atoms with E-state index in [4.69, 9.17) is 5.26 Å². The SMILES string of the molecule is CC1(C)CCN(C(=O)C2(C#N)CC2)C1. The predicted molar refractivity (Wildman–Crippen MR) is 52.3 cm³/mol. The van der Waals surface area contributed by atoms with Gasteiger partial charge in [0.25, 0.3) is 0 Å². The van der Waals surface area contributed by atoms with Crippen LogP contribution in [0.5, 0.6) is 0 Å². The molecule has 14 heavy (non-hydrogen) atoms. The third kappa shape index (κ3) is 1.39. The quantitative estimate of drug-likeness (QED) is 0.632. The van der Waals surface area contributed by atoms with Crippen molar-refractivity contribution in [2.24, 2.45) is 10.8 Å². The zero-order chi connectivity index (χ0) is 10.4. The minimum Gasteiger partial charge on any atom is -0.341 e. The summed E-state index contributed by atoms with van der Waals surface area (Å²) in [6.07, 6.45) is 2.58. The van der Waals surface area contributed by atoms with Crippen LogP contribution in [0.15, 0.2) is 0 Å². The molecule has 0 spiro atoms. The van der Waals surface area contributed by atoms with Gasteiger partial charge in [-0.2, -0.15) is 5.26 Å². The molecule has 1 heterocycles. The van der Waals surface area contributed by atoms with E-state index in [1.165, 1.54) is 0 Å². The van der Waals surface area contributed by atoms with Gasteiger partial charge in [-0.05, 0) is 24.7 Å². The maximum absolute atomic E-state index is 12.0. The van der Waals surface area contributed by atoms with Crippen LogP contribution in [0.3, 0.4) is 0 Å². The maximum atomic E-state index is 12.0. The first-order chi connectivity index (χ1) is 6.49. The van der Waals surface area contributed by atoms with Crippen molar-refractivity contribution in [1.29, 1.82) is 5.26 Å². The standard InChI is InChI=1S/C11H16N2O/c1-10(2)5-6-13(8-10)9(14)11(7-12)3-4-11/h3-6,8H2,1-2H3. The average molecular weight is 192 g/mol. The summed E-state index contributed by atoms with van der Waals surface area (Å²) in [5.74, 6) is 0.0746. The molecule has 2 aliphatic rings. The number of rotatable bonds is 1. The van der Waals surface area contributed by atoms with Crippen LogP contribution in [-0.4, -0.2) is 23.9 Å². The molecule has 3 nitrogen and oxygen atoms in total. The van der Waals surface area contributed by atoms with Crippen molar-refractivity contribution in [2.75, 3.05) is 13.1 Å². The van der Waals surface area contributed by atoms with Crippen molar-refractivity contribution in [2.45, 2.75) is 33.1 Å². The number of amides is 1. The molecule has 76 valence electrons. The Morgan fingerprint density at radius 1 is 1.36 bits per heavy atom. The number of nitrogens with zero attached hydrogens (tertiary/aromatic N) is 2. The minimum absolute atomic E-state index is 0.0746. The van der Waals surface area contributed by atoms with Crippen LogP contribution in [0.25, 0.3) is 0 Å². The van der Waals surface area contributed by atoms with E-state index in [1.807, 2.05) is 4.90 Å². The Kier molecular flexibility index (Phi) is 1.85. The molecule has 3 heteroatoms. The first-order valence-electron chi connectivity index (χ1n) is 5.20. The first kappa shape index (κ1) is 9.51. The van der Waals surface area contributed by atoms with E-state index in [1.54, 1.807) is 0 Å². The van der Waals surface area contributed by atoms with Crippen molar-refractivity contribution in [3.8, 4) is 6.07 Å². The van der Waals surface area contributed by atoms with Crippen LogP contribution >= 0.6 is 0 Å². The van der Waals surface area contributed by atoms with Crippen molar-refractivity contribution in [1.82, 2.24) is 4.90 Å². The van der Waals surface area contributed by atoms with Gasteiger partial charge in [-0.25, -0.2) is 0 Å². The van der Waals surface area contributed by atoms with E-state index in [9.17, 15) is 4.79 Å². The Hall–Kier alpha value is -1.04. The molecule has 0 radical (unpaired) electrons. The number of likely N-dealkylation sites (tertiary alicyclic amines) is 1. The van der Waals surface area contributed by atoms with Crippen molar-refractivity contribution < 1.29 is 4.79 Å². The lowest BCUT2D eigenvalue weighted by atomic mass is 9.93. The summed E-state index contributed by atoms with van der Waals surface area (Å²) in [6, 6.07) is 2.17. The molecule has 0 aromatic rings. The molecule has 2 rings (SSSR count). The predicted octanol–water partition coefficient (Wildman–Crippen LogP) is 1.55. The second kappa shape index (κ2) is 2.73. The highest BCUT2D eigenvalue weighted by atomic mass is 16.2. The van der Waals surface area contributed by atoms with Crippen LogP contribution in [0.2, 0.25) is 0 Å². The maximum Gasteiger partial charge on any atom is 0.243 e. The third-order valence-corrected chi connectivity index (χ3v) is 3.34. The number of hydrogen-bond donors (Lipinski definition) is 0. The van der Waals surface area contributed by atoms with E-state index >= 15 is 0 Å². The summed E-state index contributed by atoms with van der Waals surface area (Å²) in [6.45, 7) is 5.99. The van der Waals surface area contributed by atoms with Crippen molar-refractivity contribution >= 4 is 5.91 Å². The molecule has 1 amide bonds. The molecule has 0 unspecified atom stereocenters. The third-order valence-electron chi connectivity index (χ3n) is 3.34. The van der Waals surface area contributed by atoms with E-state index in [2.05, 4.69) is 19.9 Å². The lowest BCUT2D eigenvalue weighted by molar-refractivity contribution is -0.134. The second-order valence-corrected chi connectivity index (χ2v) is 5.33. The molecule has 0 N–H and O–H groups in total. The molecule has 1 aliphatic carbocycles. The lowest BCUT2D eigenvalue weighted by Crippen LogP contribution is -2.35. The van der Waals surface area contributed by atoms with Crippen LogP contribution in [0.1, 0.15) is 33.1 Å². The molecule has 1 saturated heterocycles. The van der Waals surface area contributed by atoms with Crippen LogP contribution < -0.4 is 0 Å². The highest BCUT2D eigenvalue weighted by molar-refractivity contribution is 5.88. The number of nitriles is 1. The average Bonchev–Trinajstić information content (AvgIpc) is 2.85. The van der Waals surface area contributed by atoms with Crippen LogP contribution in [-0.2, 0) is 4.79 Å². The summed E-state index contributed by atoms with van der Waals surface area (Å²) in [7, 11) is 0. The van der Waals surface area contributed by atoms with Gasteiger partial charge in [-0.15, -0.1) is 0 Å². The van der Waals surface area contributed by atoms with Gasteiger partial charge >= 0.3 is 0 Å². The molecule has 1 aliphatic heterocycles. The Morgan fingerprint density at radius 3 is 2.36 bits per heavy atom. The number of carbonyl (C=O) groups is 1. The van der Waals surface area contributed by atoms with E-state index in [0.717, 1.165) is 32.4 Å². The van der Waals surface area contributed by atoms with E-state index in [-0.39, 0.29) is 11.3 Å². The minimum atomic E-state index is -0.625. The topological polar surface area (TPSA) is 44.1 Å². The summed E-state index contributed by atoms with van der Waals surface area (Å²) in [4.78, 5) is 13.8. The van der Waals surface area contributed by atoms with Gasteiger partial charge in [0, 0.05) is 13.1 Å². The van der Waals surface area contributed by atoms with Gasteiger partial charge in [-0.3, -0.25) is 4.79 Å². The van der Waals surface area contributed by atoms with Crippen LogP contribution in [0.4, 0.5) is 0 Å². The fourth-order valence-electron chi connectivity index (χ4n) is 2.09. The second-order valence-electron chi connectivity index (χ2n) is 5.33. The normalized spacial score (nSPS) is 27.1. The largest absolute Gasteiger partial charge is 0.341 e. The van der Waals surface area contributed by atoms with Gasteiger partial charge in [0.05, 0.1) is 6.07 Å². The summed E-state index contributed by atoms with van der Waals surface area (Å²) in [5.41, 5.74) is -0.387. The van der Waals surface area contributed by atoms with Crippen LogP contribution in [0, 0.1) is 22.2 Å². The fraction of sp³-hybridized carbons (Fsp3) is 0.818. The lowest BCUT2D eigenvalue weighted by Gasteiger charge is -2.21. The molecule has 0 aromatic carbocycles. The Bertz CT molecular complexity index is 310. The molecule has 0 bridgehead atoms. The smallest absolute Gasteiger partial charge is 0.243 e. The van der Waals surface area contributed by atoms with Gasteiger partial charge in [-0.1, -0.05) is 13.8 Å². The Labute approximate surface area is 84.7 Å².